The second-order valence-corrected chi connectivity index (χ2v) is 3.05. The van der Waals surface area contributed by atoms with Crippen molar-refractivity contribution >= 4 is 5.97 Å². The monoisotopic (exact) mass is 188 g/mol. The summed E-state index contributed by atoms with van der Waals surface area (Å²) in [6.07, 6.45) is 6.87. The van der Waals surface area contributed by atoms with Crippen LogP contribution in [-0.2, 0) is 11.2 Å². The van der Waals surface area contributed by atoms with Crippen LogP contribution in [0.15, 0.2) is 24.3 Å². The van der Waals surface area contributed by atoms with Crippen LogP contribution in [0.5, 0.6) is 0 Å². The fraction of sp³-hybridized carbons (Fsp3) is 0.250. The molecule has 0 unspecified atom stereocenters. The molecule has 2 nitrogen and oxygen atoms in total. The molecule has 1 aromatic rings. The highest BCUT2D eigenvalue weighted by Crippen LogP contribution is 2.10. The summed E-state index contributed by atoms with van der Waals surface area (Å²) < 4.78 is 0. The fourth-order valence-corrected chi connectivity index (χ4v) is 1.31. The maximum atomic E-state index is 10.3. The Bertz CT molecular complexity index is 361. The molecule has 0 atom stereocenters. The van der Waals surface area contributed by atoms with Crippen LogP contribution in [0.4, 0.5) is 0 Å². The highest BCUT2D eigenvalue weighted by atomic mass is 16.4. The number of hydrogen-bond donors (Lipinski definition) is 1. The van der Waals surface area contributed by atoms with Gasteiger partial charge in [-0.1, -0.05) is 24.1 Å². The molecule has 1 aromatic carbocycles. The third-order valence-corrected chi connectivity index (χ3v) is 2.01. The van der Waals surface area contributed by atoms with Crippen LogP contribution < -0.4 is 0 Å². The zero-order chi connectivity index (χ0) is 10.4. The Kier molecular flexibility index (Phi) is 3.75. The number of rotatable bonds is 4. The first-order chi connectivity index (χ1) is 6.74. The fourth-order valence-electron chi connectivity index (χ4n) is 1.31. The lowest BCUT2D eigenvalue weighted by molar-refractivity contribution is -0.137. The highest BCUT2D eigenvalue weighted by Gasteiger charge is 2.01. The van der Waals surface area contributed by atoms with Crippen molar-refractivity contribution in [3.8, 4) is 12.3 Å². The summed E-state index contributed by atoms with van der Waals surface area (Å²) in [5.74, 6) is 1.83. The first-order valence-corrected chi connectivity index (χ1v) is 4.50. The summed E-state index contributed by atoms with van der Waals surface area (Å²) in [4.78, 5) is 10.3. The molecule has 1 N–H and O–H groups in total. The van der Waals surface area contributed by atoms with E-state index in [1.807, 2.05) is 24.3 Å². The van der Waals surface area contributed by atoms with Crippen LogP contribution in [-0.4, -0.2) is 11.1 Å². The Morgan fingerprint density at radius 3 is 2.79 bits per heavy atom. The molecule has 0 aliphatic rings. The lowest BCUT2D eigenvalue weighted by Crippen LogP contribution is -1.97. The van der Waals surface area contributed by atoms with E-state index in [4.69, 9.17) is 11.5 Å². The molecule has 0 aliphatic carbocycles. The zero-order valence-electron chi connectivity index (χ0n) is 7.86. The van der Waals surface area contributed by atoms with Crippen molar-refractivity contribution in [3.63, 3.8) is 0 Å². The number of carbonyl (C=O) groups is 1. The van der Waals surface area contributed by atoms with E-state index < -0.39 is 5.97 Å². The van der Waals surface area contributed by atoms with Gasteiger partial charge < -0.3 is 5.11 Å². The van der Waals surface area contributed by atoms with Crippen molar-refractivity contribution in [2.75, 3.05) is 0 Å². The topological polar surface area (TPSA) is 37.3 Å². The summed E-state index contributed by atoms with van der Waals surface area (Å²) in [7, 11) is 0. The maximum absolute atomic E-state index is 10.3. The van der Waals surface area contributed by atoms with E-state index in [0.717, 1.165) is 17.5 Å². The van der Waals surface area contributed by atoms with Gasteiger partial charge in [0.1, 0.15) is 0 Å². The molecule has 0 saturated carbocycles. The van der Waals surface area contributed by atoms with Crippen molar-refractivity contribution in [1.29, 1.82) is 0 Å². The van der Waals surface area contributed by atoms with Gasteiger partial charge >= 0.3 is 5.97 Å². The van der Waals surface area contributed by atoms with Crippen molar-refractivity contribution < 1.29 is 9.90 Å². The molecule has 0 aromatic heterocycles. The Morgan fingerprint density at radius 2 is 2.14 bits per heavy atom. The smallest absolute Gasteiger partial charge is 0.303 e. The number of terminal acetylenes is 1. The molecule has 0 heterocycles. The van der Waals surface area contributed by atoms with Crippen molar-refractivity contribution in [1.82, 2.24) is 0 Å². The van der Waals surface area contributed by atoms with E-state index in [1.165, 1.54) is 0 Å². The molecular weight excluding hydrogens is 176 g/mol. The van der Waals surface area contributed by atoms with E-state index in [9.17, 15) is 4.79 Å². The van der Waals surface area contributed by atoms with Gasteiger partial charge in [0.2, 0.25) is 0 Å². The number of aryl methyl sites for hydroxylation is 1. The standard InChI is InChI=1S/C12H12O2/c1-2-10-6-3-4-7-11(10)8-5-9-12(13)14/h1,3-4,6-7H,5,8-9H2,(H,13,14). The molecule has 0 radical (unpaired) electrons. The second-order valence-electron chi connectivity index (χ2n) is 3.05. The number of carboxylic acid groups (broad SMARTS) is 1. The quantitative estimate of drug-likeness (QED) is 0.734. The molecule has 0 amide bonds. The van der Waals surface area contributed by atoms with Crippen molar-refractivity contribution in [3.05, 3.63) is 35.4 Å². The van der Waals surface area contributed by atoms with Gasteiger partial charge in [0.05, 0.1) is 0 Å². The van der Waals surface area contributed by atoms with Crippen LogP contribution in [0.1, 0.15) is 24.0 Å². The van der Waals surface area contributed by atoms with Crippen LogP contribution in [0.2, 0.25) is 0 Å². The summed E-state index contributed by atoms with van der Waals surface area (Å²) in [5.41, 5.74) is 1.91. The molecule has 0 saturated heterocycles. The molecular formula is C12H12O2. The van der Waals surface area contributed by atoms with Crippen molar-refractivity contribution in [2.45, 2.75) is 19.3 Å². The minimum atomic E-state index is -0.761. The minimum Gasteiger partial charge on any atom is -0.481 e. The van der Waals surface area contributed by atoms with Crippen LogP contribution in [0.3, 0.4) is 0 Å². The van der Waals surface area contributed by atoms with Gasteiger partial charge in [0, 0.05) is 12.0 Å². The van der Waals surface area contributed by atoms with E-state index >= 15 is 0 Å². The number of benzene rings is 1. The largest absolute Gasteiger partial charge is 0.481 e. The Morgan fingerprint density at radius 1 is 1.43 bits per heavy atom. The van der Waals surface area contributed by atoms with Gasteiger partial charge in [-0.15, -0.1) is 6.42 Å². The molecule has 14 heavy (non-hydrogen) atoms. The first-order valence-electron chi connectivity index (χ1n) is 4.50. The first kappa shape index (κ1) is 10.3. The average Bonchev–Trinajstić information content (AvgIpc) is 2.18. The molecule has 0 aliphatic heterocycles. The molecule has 0 spiro atoms. The normalized spacial score (nSPS) is 9.36. The van der Waals surface area contributed by atoms with E-state index in [0.29, 0.717) is 6.42 Å². The van der Waals surface area contributed by atoms with Gasteiger partial charge in [-0.3, -0.25) is 4.79 Å². The molecule has 0 bridgehead atoms. The predicted molar refractivity (Wildman–Crippen MR) is 55.0 cm³/mol. The number of aliphatic carboxylic acids is 1. The third kappa shape index (κ3) is 2.95. The Hall–Kier alpha value is -1.75. The average molecular weight is 188 g/mol. The minimum absolute atomic E-state index is 0.193. The third-order valence-electron chi connectivity index (χ3n) is 2.01. The highest BCUT2D eigenvalue weighted by molar-refractivity contribution is 5.66. The summed E-state index contributed by atoms with van der Waals surface area (Å²) >= 11 is 0. The van der Waals surface area contributed by atoms with Crippen LogP contribution >= 0.6 is 0 Å². The molecule has 1 rings (SSSR count). The Balaban J connectivity index is 2.59. The Labute approximate surface area is 83.6 Å². The predicted octanol–water partition coefficient (Wildman–Crippen LogP) is 2.08. The number of carboxylic acids is 1. The van der Waals surface area contributed by atoms with Crippen LogP contribution in [0, 0.1) is 12.3 Å². The van der Waals surface area contributed by atoms with Gasteiger partial charge in [0.25, 0.3) is 0 Å². The lowest BCUT2D eigenvalue weighted by Gasteiger charge is -2.02. The lowest BCUT2D eigenvalue weighted by atomic mass is 10.0. The SMILES string of the molecule is C#Cc1ccccc1CCCC(=O)O. The maximum Gasteiger partial charge on any atom is 0.303 e. The van der Waals surface area contributed by atoms with Gasteiger partial charge in [-0.05, 0) is 24.5 Å². The summed E-state index contributed by atoms with van der Waals surface area (Å²) in [6, 6.07) is 7.61. The van der Waals surface area contributed by atoms with E-state index in [1.54, 1.807) is 0 Å². The number of hydrogen-bond acceptors (Lipinski definition) is 1. The van der Waals surface area contributed by atoms with E-state index in [-0.39, 0.29) is 6.42 Å². The molecule has 0 fully saturated rings. The molecule has 72 valence electrons. The second kappa shape index (κ2) is 5.08. The van der Waals surface area contributed by atoms with Gasteiger partial charge in [-0.25, -0.2) is 0 Å². The van der Waals surface area contributed by atoms with Crippen molar-refractivity contribution in [2.24, 2.45) is 0 Å². The summed E-state index contributed by atoms with van der Waals surface area (Å²) in [6.45, 7) is 0. The summed E-state index contributed by atoms with van der Waals surface area (Å²) in [5, 5.41) is 8.48. The molecule has 2 heteroatoms. The van der Waals surface area contributed by atoms with Gasteiger partial charge in [0.15, 0.2) is 0 Å². The van der Waals surface area contributed by atoms with E-state index in [2.05, 4.69) is 5.92 Å². The zero-order valence-corrected chi connectivity index (χ0v) is 7.86. The van der Waals surface area contributed by atoms with Gasteiger partial charge in [-0.2, -0.15) is 0 Å². The van der Waals surface area contributed by atoms with Crippen LogP contribution in [0.25, 0.3) is 0 Å².